The molecule has 0 fully saturated rings. The van der Waals surface area contributed by atoms with E-state index in [4.69, 9.17) is 4.74 Å². The molecule has 0 saturated carbocycles. The zero-order valence-corrected chi connectivity index (χ0v) is 18.8. The quantitative estimate of drug-likeness (QED) is 0.507. The van der Waals surface area contributed by atoms with E-state index in [2.05, 4.69) is 18.7 Å². The molecule has 0 bridgehead atoms. The number of hydrogen-bond donors (Lipinski definition) is 1. The number of likely N-dealkylation sites (N-methyl/N-ethyl adjacent to an activating group) is 1. The van der Waals surface area contributed by atoms with Crippen LogP contribution in [0.3, 0.4) is 0 Å². The topological polar surface area (TPSA) is 88.8 Å². The Morgan fingerprint density at radius 1 is 0.969 bits per heavy atom. The number of carbonyl (C=O) groups is 3. The molecule has 3 aromatic rings. The number of nitrogens with zero attached hydrogens (tertiary/aromatic N) is 2. The maximum absolute atomic E-state index is 13.3. The molecule has 0 amide bonds. The predicted octanol–water partition coefficient (Wildman–Crippen LogP) is 4.16. The summed E-state index contributed by atoms with van der Waals surface area (Å²) in [6.07, 6.45) is 0. The first-order valence-corrected chi connectivity index (χ1v) is 10.7. The standard InChI is InChI=1S/C25H28N2O5/c1-5-26(6-2)13-14-32-20-10-7-18(8-11-20)24(30)23-21-15-19(16(3)28)9-12-22(21)27(17(4)29)25(23)31/h7-12,15,31H,5-6,13-14H2,1-4H3. The number of carbonyl (C=O) groups excluding carboxylic acids is 3. The second-order valence-electron chi connectivity index (χ2n) is 7.57. The molecule has 1 aromatic heterocycles. The van der Waals surface area contributed by atoms with E-state index < -0.39 is 17.6 Å². The fourth-order valence-corrected chi connectivity index (χ4v) is 3.72. The van der Waals surface area contributed by atoms with Crippen LogP contribution in [-0.4, -0.2) is 58.3 Å². The number of rotatable bonds is 9. The number of ether oxygens (including phenoxy) is 1. The normalized spacial score (nSPS) is 11.2. The van der Waals surface area contributed by atoms with Crippen LogP contribution in [0, 0.1) is 0 Å². The van der Waals surface area contributed by atoms with Gasteiger partial charge in [-0.1, -0.05) is 13.8 Å². The Balaban J connectivity index is 1.92. The van der Waals surface area contributed by atoms with Gasteiger partial charge in [0.1, 0.15) is 12.4 Å². The summed E-state index contributed by atoms with van der Waals surface area (Å²) in [5.74, 6) is -0.839. The summed E-state index contributed by atoms with van der Waals surface area (Å²) in [4.78, 5) is 39.5. The van der Waals surface area contributed by atoms with E-state index in [1.165, 1.54) is 19.9 Å². The summed E-state index contributed by atoms with van der Waals surface area (Å²) in [6, 6.07) is 11.3. The van der Waals surface area contributed by atoms with Gasteiger partial charge < -0.3 is 14.7 Å². The van der Waals surface area contributed by atoms with Gasteiger partial charge in [-0.15, -0.1) is 0 Å². The number of benzene rings is 2. The smallest absolute Gasteiger partial charge is 0.230 e. The molecule has 1 N–H and O–H groups in total. The van der Waals surface area contributed by atoms with Crippen molar-refractivity contribution in [1.29, 1.82) is 0 Å². The summed E-state index contributed by atoms with van der Waals surface area (Å²) in [6.45, 7) is 10.2. The largest absolute Gasteiger partial charge is 0.494 e. The minimum atomic E-state index is -0.442. The summed E-state index contributed by atoms with van der Waals surface area (Å²) in [5.41, 5.74) is 1.10. The first-order valence-electron chi connectivity index (χ1n) is 10.7. The molecule has 2 aromatic carbocycles. The molecule has 1 heterocycles. The summed E-state index contributed by atoms with van der Waals surface area (Å²) in [5, 5.41) is 11.1. The van der Waals surface area contributed by atoms with Gasteiger partial charge in [0, 0.05) is 30.0 Å². The first kappa shape index (κ1) is 23.2. The van der Waals surface area contributed by atoms with Gasteiger partial charge in [0.15, 0.2) is 11.6 Å². The highest BCUT2D eigenvalue weighted by Crippen LogP contribution is 2.34. The number of fused-ring (bicyclic) bond motifs is 1. The zero-order valence-electron chi connectivity index (χ0n) is 18.8. The molecule has 0 atom stereocenters. The predicted molar refractivity (Wildman–Crippen MR) is 123 cm³/mol. The molecule has 0 aliphatic rings. The lowest BCUT2D eigenvalue weighted by Gasteiger charge is -2.18. The average molecular weight is 437 g/mol. The molecule has 0 aliphatic carbocycles. The van der Waals surface area contributed by atoms with Crippen LogP contribution in [-0.2, 0) is 0 Å². The minimum Gasteiger partial charge on any atom is -0.494 e. The Kier molecular flexibility index (Phi) is 7.10. The molecule has 0 aliphatic heterocycles. The van der Waals surface area contributed by atoms with E-state index in [1.54, 1.807) is 36.4 Å². The maximum atomic E-state index is 13.3. The molecule has 32 heavy (non-hydrogen) atoms. The van der Waals surface area contributed by atoms with Gasteiger partial charge in [-0.05, 0) is 62.5 Å². The number of aromatic hydroxyl groups is 1. The van der Waals surface area contributed by atoms with Crippen molar-refractivity contribution in [3.8, 4) is 11.6 Å². The monoisotopic (exact) mass is 436 g/mol. The Morgan fingerprint density at radius 3 is 2.16 bits per heavy atom. The van der Waals surface area contributed by atoms with Crippen LogP contribution in [0.2, 0.25) is 0 Å². The van der Waals surface area contributed by atoms with Crippen molar-refractivity contribution in [3.05, 3.63) is 59.2 Å². The average Bonchev–Trinajstić information content (AvgIpc) is 3.07. The van der Waals surface area contributed by atoms with Gasteiger partial charge in [0.25, 0.3) is 0 Å². The van der Waals surface area contributed by atoms with Gasteiger partial charge >= 0.3 is 0 Å². The lowest BCUT2D eigenvalue weighted by Crippen LogP contribution is -2.27. The van der Waals surface area contributed by atoms with Crippen LogP contribution in [0.5, 0.6) is 11.6 Å². The Bertz CT molecular complexity index is 1160. The van der Waals surface area contributed by atoms with E-state index in [0.717, 1.165) is 24.2 Å². The zero-order chi connectivity index (χ0) is 23.4. The highest BCUT2D eigenvalue weighted by atomic mass is 16.5. The number of Topliss-reactive ketones (excluding diaryl/α,β-unsaturated/α-hetero) is 1. The number of ketones is 2. The second kappa shape index (κ2) is 9.78. The van der Waals surface area contributed by atoms with Crippen LogP contribution in [0.25, 0.3) is 10.9 Å². The van der Waals surface area contributed by atoms with Crippen LogP contribution >= 0.6 is 0 Å². The van der Waals surface area contributed by atoms with Crippen LogP contribution in [0.15, 0.2) is 42.5 Å². The van der Waals surface area contributed by atoms with E-state index in [9.17, 15) is 19.5 Å². The molecule has 168 valence electrons. The third-order valence-electron chi connectivity index (χ3n) is 5.58. The van der Waals surface area contributed by atoms with Crippen molar-refractivity contribution in [3.63, 3.8) is 0 Å². The molecule has 0 saturated heterocycles. The Labute approximate surface area is 187 Å². The minimum absolute atomic E-state index is 0.00602. The molecule has 7 nitrogen and oxygen atoms in total. The van der Waals surface area contributed by atoms with E-state index in [1.807, 2.05) is 0 Å². The lowest BCUT2D eigenvalue weighted by molar-refractivity contribution is 0.0932. The number of aromatic nitrogens is 1. The fraction of sp³-hybridized carbons (Fsp3) is 0.320. The van der Waals surface area contributed by atoms with Gasteiger partial charge in [0.2, 0.25) is 11.8 Å². The van der Waals surface area contributed by atoms with Crippen LogP contribution < -0.4 is 4.74 Å². The van der Waals surface area contributed by atoms with Crippen molar-refractivity contribution < 1.29 is 24.2 Å². The summed E-state index contributed by atoms with van der Waals surface area (Å²) in [7, 11) is 0. The third-order valence-corrected chi connectivity index (χ3v) is 5.58. The molecular formula is C25H28N2O5. The van der Waals surface area contributed by atoms with Crippen LogP contribution in [0.4, 0.5) is 0 Å². The molecular weight excluding hydrogens is 408 g/mol. The highest BCUT2D eigenvalue weighted by molar-refractivity contribution is 6.20. The van der Waals surface area contributed by atoms with E-state index in [0.29, 0.717) is 34.4 Å². The first-order chi connectivity index (χ1) is 15.3. The van der Waals surface area contributed by atoms with Crippen molar-refractivity contribution >= 4 is 28.4 Å². The maximum Gasteiger partial charge on any atom is 0.230 e. The van der Waals surface area contributed by atoms with Crippen molar-refractivity contribution in [2.24, 2.45) is 0 Å². The molecule has 3 rings (SSSR count). The fourth-order valence-electron chi connectivity index (χ4n) is 3.72. The highest BCUT2D eigenvalue weighted by Gasteiger charge is 2.25. The van der Waals surface area contributed by atoms with Crippen molar-refractivity contribution in [2.45, 2.75) is 27.7 Å². The summed E-state index contributed by atoms with van der Waals surface area (Å²) >= 11 is 0. The Morgan fingerprint density at radius 2 is 1.59 bits per heavy atom. The molecule has 0 spiro atoms. The van der Waals surface area contributed by atoms with Gasteiger partial charge in [-0.25, -0.2) is 0 Å². The van der Waals surface area contributed by atoms with E-state index >= 15 is 0 Å². The van der Waals surface area contributed by atoms with Gasteiger partial charge in [-0.3, -0.25) is 19.0 Å². The van der Waals surface area contributed by atoms with Crippen LogP contribution in [0.1, 0.15) is 58.8 Å². The third kappa shape index (κ3) is 4.57. The van der Waals surface area contributed by atoms with Crippen molar-refractivity contribution in [2.75, 3.05) is 26.2 Å². The van der Waals surface area contributed by atoms with Crippen molar-refractivity contribution in [1.82, 2.24) is 9.47 Å². The molecule has 7 heteroatoms. The lowest BCUT2D eigenvalue weighted by atomic mass is 10.00. The Hall–Kier alpha value is -3.45. The molecule has 0 radical (unpaired) electrons. The second-order valence-corrected chi connectivity index (χ2v) is 7.57. The SMILES string of the molecule is CCN(CC)CCOc1ccc(C(=O)c2c(O)n(C(C)=O)c3ccc(C(C)=O)cc23)cc1. The summed E-state index contributed by atoms with van der Waals surface area (Å²) < 4.78 is 6.84. The van der Waals surface area contributed by atoms with Gasteiger partial charge in [-0.2, -0.15) is 0 Å². The van der Waals surface area contributed by atoms with E-state index in [-0.39, 0.29) is 11.3 Å². The number of hydrogen-bond acceptors (Lipinski definition) is 6. The van der Waals surface area contributed by atoms with Gasteiger partial charge in [0.05, 0.1) is 11.1 Å². The molecule has 0 unspecified atom stereocenters.